The number of benzene rings is 2. The summed E-state index contributed by atoms with van der Waals surface area (Å²) in [5.41, 5.74) is 2.11. The summed E-state index contributed by atoms with van der Waals surface area (Å²) in [6, 6.07) is 14.1. The predicted octanol–water partition coefficient (Wildman–Crippen LogP) is 2.50. The van der Waals surface area contributed by atoms with E-state index in [-0.39, 0.29) is 23.3 Å². The van der Waals surface area contributed by atoms with Gasteiger partial charge in [0.05, 0.1) is 13.5 Å². The molecule has 0 spiro atoms. The minimum absolute atomic E-state index is 0.130. The fraction of sp³-hybridized carbons (Fsp3) is 0.211. The first kappa shape index (κ1) is 19.4. The van der Waals surface area contributed by atoms with E-state index in [9.17, 15) is 9.59 Å². The van der Waals surface area contributed by atoms with E-state index in [1.165, 1.54) is 0 Å². The molecule has 2 amide bonds. The van der Waals surface area contributed by atoms with Crippen molar-refractivity contribution in [3.8, 4) is 5.75 Å². The summed E-state index contributed by atoms with van der Waals surface area (Å²) in [5, 5.41) is 8.49. The number of amides is 2. The lowest BCUT2D eigenvalue weighted by atomic mass is 10.1. The molecular weight excluding hydrogens is 350 g/mol. The van der Waals surface area contributed by atoms with Crippen LogP contribution in [0.15, 0.2) is 48.5 Å². The van der Waals surface area contributed by atoms with Gasteiger partial charge in [0, 0.05) is 17.8 Å². The summed E-state index contributed by atoms with van der Waals surface area (Å²) in [6.45, 7) is 2.43. The fourth-order valence-electron chi connectivity index (χ4n) is 2.23. The number of carbonyl (C=O) groups is 2. The van der Waals surface area contributed by atoms with Crippen molar-refractivity contribution in [3.05, 3.63) is 59.7 Å². The quantitative estimate of drug-likeness (QED) is 0.680. The molecule has 0 saturated carbocycles. The molecule has 7 heteroatoms. The average Bonchev–Trinajstić information content (AvgIpc) is 2.63. The minimum atomic E-state index is -0.216. The highest BCUT2D eigenvalue weighted by Gasteiger charge is 2.08. The van der Waals surface area contributed by atoms with Crippen LogP contribution in [0.1, 0.15) is 22.8 Å². The van der Waals surface area contributed by atoms with E-state index in [0.717, 1.165) is 11.3 Å². The van der Waals surface area contributed by atoms with Gasteiger partial charge in [-0.2, -0.15) is 0 Å². The van der Waals surface area contributed by atoms with Crippen molar-refractivity contribution in [1.29, 1.82) is 0 Å². The summed E-state index contributed by atoms with van der Waals surface area (Å²) in [5.74, 6) is 0.392. The normalized spacial score (nSPS) is 9.92. The smallest absolute Gasteiger partial charge is 0.251 e. The maximum Gasteiger partial charge on any atom is 0.251 e. The topological polar surface area (TPSA) is 79.5 Å². The van der Waals surface area contributed by atoms with E-state index in [0.29, 0.717) is 17.8 Å². The molecule has 0 aliphatic carbocycles. The third kappa shape index (κ3) is 5.86. The Labute approximate surface area is 157 Å². The van der Waals surface area contributed by atoms with Crippen LogP contribution in [0.5, 0.6) is 5.75 Å². The molecule has 0 atom stereocenters. The molecule has 0 unspecified atom stereocenters. The first-order valence-electron chi connectivity index (χ1n) is 8.14. The van der Waals surface area contributed by atoms with Gasteiger partial charge in [-0.1, -0.05) is 12.1 Å². The van der Waals surface area contributed by atoms with Crippen LogP contribution in [0.4, 0.5) is 5.69 Å². The van der Waals surface area contributed by atoms with Crippen LogP contribution >= 0.6 is 12.2 Å². The number of methoxy groups -OCH3 is 1. The van der Waals surface area contributed by atoms with E-state index in [1.807, 2.05) is 19.1 Å². The Balaban J connectivity index is 1.85. The van der Waals surface area contributed by atoms with Crippen LogP contribution in [-0.2, 0) is 11.2 Å². The minimum Gasteiger partial charge on any atom is -0.497 e. The predicted molar refractivity (Wildman–Crippen MR) is 106 cm³/mol. The SMILES string of the molecule is CCNC(=O)c1ccc(NC(=S)NC(=O)Cc2ccc(OC)cc2)cc1. The Morgan fingerprint density at radius 2 is 1.69 bits per heavy atom. The summed E-state index contributed by atoms with van der Waals surface area (Å²) in [4.78, 5) is 23.8. The van der Waals surface area contributed by atoms with Crippen molar-refractivity contribution in [2.45, 2.75) is 13.3 Å². The van der Waals surface area contributed by atoms with Crippen LogP contribution in [0.25, 0.3) is 0 Å². The van der Waals surface area contributed by atoms with Crippen molar-refractivity contribution in [2.75, 3.05) is 19.0 Å². The molecule has 3 N–H and O–H groups in total. The van der Waals surface area contributed by atoms with Crippen LogP contribution in [-0.4, -0.2) is 30.6 Å². The number of hydrogen-bond donors (Lipinski definition) is 3. The van der Waals surface area contributed by atoms with Gasteiger partial charge in [-0.25, -0.2) is 0 Å². The summed E-state index contributed by atoms with van der Waals surface area (Å²) in [7, 11) is 1.59. The zero-order valence-corrected chi connectivity index (χ0v) is 15.5. The zero-order valence-electron chi connectivity index (χ0n) is 14.7. The van der Waals surface area contributed by atoms with E-state index < -0.39 is 0 Å². The number of hydrogen-bond acceptors (Lipinski definition) is 4. The molecule has 0 aliphatic heterocycles. The van der Waals surface area contributed by atoms with Gasteiger partial charge >= 0.3 is 0 Å². The number of anilines is 1. The molecule has 136 valence electrons. The Hall–Kier alpha value is -2.93. The summed E-state index contributed by atoms with van der Waals surface area (Å²) in [6.07, 6.45) is 0.210. The number of ether oxygens (including phenoxy) is 1. The fourth-order valence-corrected chi connectivity index (χ4v) is 2.46. The molecule has 0 fully saturated rings. The van der Waals surface area contributed by atoms with Crippen molar-refractivity contribution in [3.63, 3.8) is 0 Å². The van der Waals surface area contributed by atoms with Crippen LogP contribution in [0, 0.1) is 0 Å². The second kappa shape index (κ2) is 9.53. The molecule has 2 aromatic rings. The van der Waals surface area contributed by atoms with Crippen LogP contribution in [0.3, 0.4) is 0 Å². The highest BCUT2D eigenvalue weighted by molar-refractivity contribution is 7.80. The molecule has 26 heavy (non-hydrogen) atoms. The standard InChI is InChI=1S/C19H21N3O3S/c1-3-20-18(24)14-6-8-15(9-7-14)21-19(26)22-17(23)12-13-4-10-16(25-2)11-5-13/h4-11H,3,12H2,1-2H3,(H,20,24)(H2,21,22,23,26). The maximum absolute atomic E-state index is 12.1. The first-order chi connectivity index (χ1) is 12.5. The molecule has 0 aromatic heterocycles. The van der Waals surface area contributed by atoms with Gasteiger partial charge in [0.2, 0.25) is 5.91 Å². The molecule has 0 saturated heterocycles. The number of carbonyl (C=O) groups excluding carboxylic acids is 2. The molecule has 0 bridgehead atoms. The zero-order chi connectivity index (χ0) is 18.9. The Morgan fingerprint density at radius 3 is 2.27 bits per heavy atom. The largest absolute Gasteiger partial charge is 0.497 e. The monoisotopic (exact) mass is 371 g/mol. The molecule has 2 aromatic carbocycles. The molecule has 2 rings (SSSR count). The van der Waals surface area contributed by atoms with Crippen molar-refractivity contribution in [1.82, 2.24) is 10.6 Å². The van der Waals surface area contributed by atoms with Crippen molar-refractivity contribution >= 4 is 34.8 Å². The van der Waals surface area contributed by atoms with Crippen LogP contribution in [0.2, 0.25) is 0 Å². The average molecular weight is 371 g/mol. The van der Waals surface area contributed by atoms with Crippen molar-refractivity contribution < 1.29 is 14.3 Å². The third-order valence-corrected chi connectivity index (χ3v) is 3.72. The van der Waals surface area contributed by atoms with Gasteiger partial charge < -0.3 is 20.7 Å². The van der Waals surface area contributed by atoms with E-state index in [1.54, 1.807) is 43.5 Å². The lowest BCUT2D eigenvalue weighted by molar-refractivity contribution is -0.119. The number of nitrogens with one attached hydrogen (secondary N) is 3. The molecule has 6 nitrogen and oxygen atoms in total. The van der Waals surface area contributed by atoms with Gasteiger partial charge in [0.25, 0.3) is 5.91 Å². The van der Waals surface area contributed by atoms with E-state index >= 15 is 0 Å². The van der Waals surface area contributed by atoms with Gasteiger partial charge in [-0.15, -0.1) is 0 Å². The summed E-state index contributed by atoms with van der Waals surface area (Å²) < 4.78 is 5.09. The second-order valence-electron chi connectivity index (χ2n) is 5.46. The molecule has 0 radical (unpaired) electrons. The lowest BCUT2D eigenvalue weighted by Crippen LogP contribution is -2.35. The highest BCUT2D eigenvalue weighted by atomic mass is 32.1. The maximum atomic E-state index is 12.1. The molecule has 0 heterocycles. The van der Waals surface area contributed by atoms with Gasteiger partial charge in [-0.05, 0) is 61.1 Å². The van der Waals surface area contributed by atoms with Gasteiger partial charge in [0.1, 0.15) is 5.75 Å². The number of thiocarbonyl (C=S) groups is 1. The van der Waals surface area contributed by atoms with Gasteiger partial charge in [0.15, 0.2) is 5.11 Å². The van der Waals surface area contributed by atoms with Crippen molar-refractivity contribution in [2.24, 2.45) is 0 Å². The second-order valence-corrected chi connectivity index (χ2v) is 5.87. The Bertz CT molecular complexity index is 774. The van der Waals surface area contributed by atoms with E-state index in [4.69, 9.17) is 17.0 Å². The molecular formula is C19H21N3O3S. The Morgan fingerprint density at radius 1 is 1.04 bits per heavy atom. The highest BCUT2D eigenvalue weighted by Crippen LogP contribution is 2.12. The lowest BCUT2D eigenvalue weighted by Gasteiger charge is -2.10. The summed E-state index contributed by atoms with van der Waals surface area (Å²) >= 11 is 5.15. The number of rotatable bonds is 6. The van der Waals surface area contributed by atoms with Gasteiger partial charge in [-0.3, -0.25) is 9.59 Å². The molecule has 0 aliphatic rings. The first-order valence-corrected chi connectivity index (χ1v) is 8.54. The Kier molecular flexibility index (Phi) is 7.11. The van der Waals surface area contributed by atoms with Crippen LogP contribution < -0.4 is 20.7 Å². The third-order valence-electron chi connectivity index (χ3n) is 3.52. The van der Waals surface area contributed by atoms with E-state index in [2.05, 4.69) is 16.0 Å².